The Morgan fingerprint density at radius 1 is 1.28 bits per heavy atom. The third-order valence-corrected chi connectivity index (χ3v) is 5.86. The molecule has 3 atom stereocenters. The van der Waals surface area contributed by atoms with Crippen LogP contribution in [0.2, 0.25) is 0 Å². The van der Waals surface area contributed by atoms with Crippen LogP contribution < -0.4 is 0 Å². The lowest BCUT2D eigenvalue weighted by molar-refractivity contribution is -0.166. The van der Waals surface area contributed by atoms with Crippen LogP contribution in [0.1, 0.15) is 29.5 Å². The van der Waals surface area contributed by atoms with Gasteiger partial charge in [-0.25, -0.2) is 0 Å². The van der Waals surface area contributed by atoms with Crippen molar-refractivity contribution in [2.24, 2.45) is 0 Å². The Labute approximate surface area is 170 Å². The second-order valence-electron chi connectivity index (χ2n) is 7.62. The van der Waals surface area contributed by atoms with Gasteiger partial charge < -0.3 is 14.9 Å². The highest BCUT2D eigenvalue weighted by atomic mass is 16.3. The summed E-state index contributed by atoms with van der Waals surface area (Å²) in [6.45, 7) is 2.46. The van der Waals surface area contributed by atoms with E-state index in [9.17, 15) is 14.7 Å². The molecule has 2 fully saturated rings. The highest BCUT2D eigenvalue weighted by Gasteiger charge is 2.54. The average molecular weight is 391 g/mol. The summed E-state index contributed by atoms with van der Waals surface area (Å²) in [6.07, 6.45) is 7.60. The monoisotopic (exact) mass is 391 g/mol. The number of hydrogen-bond acceptors (Lipinski definition) is 4. The number of aliphatic hydroxyl groups is 1. The molecule has 4 rings (SSSR count). The molecular weight excluding hydrogens is 366 g/mol. The summed E-state index contributed by atoms with van der Waals surface area (Å²) in [5.41, 5.74) is 3.04. The lowest BCUT2D eigenvalue weighted by Crippen LogP contribution is -2.73. The van der Waals surface area contributed by atoms with Crippen LogP contribution in [0, 0.1) is 0 Å². The van der Waals surface area contributed by atoms with Crippen molar-refractivity contribution in [3.05, 3.63) is 71.6 Å². The fraction of sp³-hybridized carbons (Fsp3) is 0.348. The van der Waals surface area contributed by atoms with Gasteiger partial charge in [0.05, 0.1) is 31.7 Å². The number of carbonyl (C=O) groups is 2. The Morgan fingerprint density at radius 2 is 2.07 bits per heavy atom. The van der Waals surface area contributed by atoms with Gasteiger partial charge in [-0.15, -0.1) is 0 Å². The second-order valence-corrected chi connectivity index (χ2v) is 7.62. The van der Waals surface area contributed by atoms with Crippen molar-refractivity contribution in [2.45, 2.75) is 31.3 Å². The summed E-state index contributed by atoms with van der Waals surface area (Å²) < 4.78 is 0. The number of pyridine rings is 1. The van der Waals surface area contributed by atoms with Gasteiger partial charge >= 0.3 is 0 Å². The second kappa shape index (κ2) is 8.17. The van der Waals surface area contributed by atoms with Gasteiger partial charge in [0.25, 0.3) is 0 Å². The van der Waals surface area contributed by atoms with Crippen LogP contribution in [-0.2, 0) is 16.0 Å². The van der Waals surface area contributed by atoms with Gasteiger partial charge in [0.1, 0.15) is 0 Å². The van der Waals surface area contributed by atoms with Crippen LogP contribution in [-0.4, -0.2) is 63.5 Å². The molecule has 2 saturated heterocycles. The van der Waals surface area contributed by atoms with Crippen molar-refractivity contribution in [2.75, 3.05) is 19.7 Å². The first-order chi connectivity index (χ1) is 14.1. The molecule has 6 nitrogen and oxygen atoms in total. The fourth-order valence-corrected chi connectivity index (χ4v) is 4.50. The molecule has 2 aliphatic heterocycles. The molecular formula is C23H25N3O3. The van der Waals surface area contributed by atoms with Crippen molar-refractivity contribution in [1.82, 2.24) is 14.8 Å². The number of amides is 2. The maximum absolute atomic E-state index is 12.8. The predicted octanol–water partition coefficient (Wildman–Crippen LogP) is 1.85. The summed E-state index contributed by atoms with van der Waals surface area (Å²) >= 11 is 0. The molecule has 6 heteroatoms. The minimum atomic E-state index is -0.226. The normalized spacial score (nSPS) is 23.8. The zero-order valence-corrected chi connectivity index (χ0v) is 16.4. The number of allylic oxidation sites excluding steroid dienone is 1. The summed E-state index contributed by atoms with van der Waals surface area (Å²) in [6, 6.07) is 11.5. The fourth-order valence-electron chi connectivity index (χ4n) is 4.50. The lowest BCUT2D eigenvalue weighted by Gasteiger charge is -2.58. The van der Waals surface area contributed by atoms with E-state index in [0.29, 0.717) is 6.54 Å². The van der Waals surface area contributed by atoms with Crippen molar-refractivity contribution in [1.29, 1.82) is 0 Å². The molecule has 0 aliphatic carbocycles. The smallest absolute Gasteiger partial charge is 0.242 e. The Hall–Kier alpha value is -2.99. The van der Waals surface area contributed by atoms with E-state index in [2.05, 4.69) is 17.1 Å². The highest BCUT2D eigenvalue weighted by Crippen LogP contribution is 2.43. The van der Waals surface area contributed by atoms with Gasteiger partial charge in [0, 0.05) is 24.9 Å². The Kier molecular flexibility index (Phi) is 5.45. The predicted molar refractivity (Wildman–Crippen MR) is 110 cm³/mol. The van der Waals surface area contributed by atoms with E-state index < -0.39 is 0 Å². The molecule has 0 unspecified atom stereocenters. The summed E-state index contributed by atoms with van der Waals surface area (Å²) in [7, 11) is 0. The van der Waals surface area contributed by atoms with Gasteiger partial charge in [-0.2, -0.15) is 0 Å². The summed E-state index contributed by atoms with van der Waals surface area (Å²) in [5.74, 6) is -0.139. The number of fused-ring (bicyclic) bond motifs is 1. The third kappa shape index (κ3) is 3.68. The minimum Gasteiger partial charge on any atom is -0.394 e. The first-order valence-electron chi connectivity index (χ1n) is 9.93. The molecule has 2 aromatic rings. The highest BCUT2D eigenvalue weighted by molar-refractivity contribution is 5.88. The molecule has 1 aromatic heterocycles. The maximum Gasteiger partial charge on any atom is 0.242 e. The maximum atomic E-state index is 12.8. The van der Waals surface area contributed by atoms with Gasteiger partial charge in [-0.1, -0.05) is 42.5 Å². The number of nitrogens with zero attached hydrogens (tertiary/aromatic N) is 3. The van der Waals surface area contributed by atoms with Gasteiger partial charge in [0.2, 0.25) is 11.8 Å². The third-order valence-electron chi connectivity index (χ3n) is 5.86. The largest absolute Gasteiger partial charge is 0.394 e. The van der Waals surface area contributed by atoms with Crippen LogP contribution in [0.3, 0.4) is 0 Å². The SMILES string of the molecule is C/C=C/c1ccc([C@H]2[C@H](CO)N3C(=O)CN(C(=O)Cc4cccnc4)C[C@@H]23)cc1. The Balaban J connectivity index is 1.52. The number of aromatic nitrogens is 1. The molecule has 0 bridgehead atoms. The lowest BCUT2D eigenvalue weighted by atomic mass is 9.73. The first kappa shape index (κ1) is 19.3. The number of hydrogen-bond donors (Lipinski definition) is 1. The van der Waals surface area contributed by atoms with Crippen molar-refractivity contribution in [3.8, 4) is 0 Å². The topological polar surface area (TPSA) is 73.7 Å². The van der Waals surface area contributed by atoms with Crippen LogP contribution in [0.5, 0.6) is 0 Å². The molecule has 0 spiro atoms. The van der Waals surface area contributed by atoms with Crippen LogP contribution in [0.4, 0.5) is 0 Å². The van der Waals surface area contributed by atoms with E-state index in [1.807, 2.05) is 37.3 Å². The molecule has 1 aromatic carbocycles. The molecule has 2 aliphatic rings. The van der Waals surface area contributed by atoms with E-state index in [1.54, 1.807) is 28.3 Å². The standard InChI is InChI=1S/C23H25N3O3/c1-2-4-16-6-8-18(9-7-16)23-19-13-25(14-22(29)26(19)20(23)15-27)21(28)11-17-5-3-10-24-12-17/h2-10,12,19-20,23,27H,11,13-15H2,1H3/b4-2+/t19-,20-,23+/m0/s1. The molecule has 0 saturated carbocycles. The molecule has 3 heterocycles. The number of piperazine rings is 1. The van der Waals surface area contributed by atoms with Crippen molar-refractivity contribution < 1.29 is 14.7 Å². The Bertz CT molecular complexity index is 911. The summed E-state index contributed by atoms with van der Waals surface area (Å²) in [4.78, 5) is 32.9. The van der Waals surface area contributed by atoms with Gasteiger partial charge in [-0.05, 0) is 29.7 Å². The van der Waals surface area contributed by atoms with Crippen LogP contribution in [0.25, 0.3) is 6.08 Å². The van der Waals surface area contributed by atoms with Gasteiger partial charge in [-0.3, -0.25) is 14.6 Å². The quantitative estimate of drug-likeness (QED) is 0.844. The number of carbonyl (C=O) groups excluding carboxylic acids is 2. The molecule has 150 valence electrons. The molecule has 2 amide bonds. The molecule has 29 heavy (non-hydrogen) atoms. The van der Waals surface area contributed by atoms with E-state index in [0.717, 1.165) is 16.7 Å². The van der Waals surface area contributed by atoms with Crippen LogP contribution in [0.15, 0.2) is 54.9 Å². The number of aliphatic hydroxyl groups excluding tert-OH is 1. The number of benzene rings is 1. The zero-order chi connectivity index (χ0) is 20.4. The van der Waals surface area contributed by atoms with E-state index >= 15 is 0 Å². The zero-order valence-electron chi connectivity index (χ0n) is 16.4. The van der Waals surface area contributed by atoms with E-state index in [4.69, 9.17) is 0 Å². The molecule has 0 radical (unpaired) electrons. The first-order valence-corrected chi connectivity index (χ1v) is 9.93. The van der Waals surface area contributed by atoms with Gasteiger partial charge in [0.15, 0.2) is 0 Å². The van der Waals surface area contributed by atoms with E-state index in [1.165, 1.54) is 0 Å². The van der Waals surface area contributed by atoms with Crippen LogP contribution >= 0.6 is 0 Å². The number of rotatable bonds is 5. The average Bonchev–Trinajstić information content (AvgIpc) is 2.71. The van der Waals surface area contributed by atoms with Crippen molar-refractivity contribution >= 4 is 17.9 Å². The van der Waals surface area contributed by atoms with Crippen molar-refractivity contribution in [3.63, 3.8) is 0 Å². The molecule has 1 N–H and O–H groups in total. The van der Waals surface area contributed by atoms with E-state index in [-0.39, 0.29) is 49.4 Å². The minimum absolute atomic E-state index is 0.0256. The Morgan fingerprint density at radius 3 is 2.72 bits per heavy atom. The summed E-state index contributed by atoms with van der Waals surface area (Å²) in [5, 5.41) is 9.89.